The number of unbranched alkanes of at least 4 members (excludes halogenated alkanes) is 7. The number of halogens is 3. The molecule has 0 rings (SSSR count). The van der Waals surface area contributed by atoms with Crippen molar-refractivity contribution in [3.63, 3.8) is 0 Å². The number of carbonyl (C=O) groups is 1. The summed E-state index contributed by atoms with van der Waals surface area (Å²) in [5.41, 5.74) is -1.12. The van der Waals surface area contributed by atoms with Crippen molar-refractivity contribution in [1.82, 2.24) is 0 Å². The van der Waals surface area contributed by atoms with Gasteiger partial charge in [0.25, 0.3) is 0 Å². The largest absolute Gasteiger partial charge is 0.478 e. The van der Waals surface area contributed by atoms with E-state index in [1.165, 1.54) is 31.8 Å². The Balaban J connectivity index is 3.94. The summed E-state index contributed by atoms with van der Waals surface area (Å²) in [6.45, 7) is 2.15. The lowest BCUT2D eigenvalue weighted by molar-refractivity contribution is -0.132. The van der Waals surface area contributed by atoms with Gasteiger partial charge in [0.1, 0.15) is 0 Å². The molecule has 20 heavy (non-hydrogen) atoms. The SMILES string of the molecule is CCCCCCCCC/C=C/C(=C\C(=O)O)C(F)(F)F. The summed E-state index contributed by atoms with van der Waals surface area (Å²) in [7, 11) is 0. The lowest BCUT2D eigenvalue weighted by atomic mass is 10.1. The Kier molecular flexibility index (Phi) is 9.86. The van der Waals surface area contributed by atoms with Gasteiger partial charge in [-0.25, -0.2) is 4.79 Å². The zero-order chi connectivity index (χ0) is 15.4. The second-order valence-corrected chi connectivity index (χ2v) is 4.75. The number of rotatable bonds is 10. The van der Waals surface area contributed by atoms with Gasteiger partial charge in [-0.1, -0.05) is 57.6 Å². The average molecular weight is 292 g/mol. The number of aliphatic carboxylic acids is 1. The van der Waals surface area contributed by atoms with Gasteiger partial charge in [0.05, 0.1) is 5.57 Å². The number of hydrogen-bond acceptors (Lipinski definition) is 1. The van der Waals surface area contributed by atoms with Crippen LogP contribution < -0.4 is 0 Å². The van der Waals surface area contributed by atoms with Gasteiger partial charge in [0, 0.05) is 6.08 Å². The minimum atomic E-state index is -4.62. The molecule has 0 fully saturated rings. The van der Waals surface area contributed by atoms with E-state index in [4.69, 9.17) is 5.11 Å². The Morgan fingerprint density at radius 2 is 1.60 bits per heavy atom. The van der Waals surface area contributed by atoms with E-state index in [1.807, 2.05) is 0 Å². The summed E-state index contributed by atoms with van der Waals surface area (Å²) in [6, 6.07) is 0. The van der Waals surface area contributed by atoms with Crippen molar-refractivity contribution in [2.45, 2.75) is 64.5 Å². The summed E-state index contributed by atoms with van der Waals surface area (Å²) in [6.07, 6.45) is 6.12. The maximum absolute atomic E-state index is 12.4. The van der Waals surface area contributed by atoms with Gasteiger partial charge in [0.15, 0.2) is 0 Å². The van der Waals surface area contributed by atoms with E-state index in [9.17, 15) is 18.0 Å². The van der Waals surface area contributed by atoms with Crippen LogP contribution in [0.2, 0.25) is 0 Å². The molecule has 0 amide bonds. The van der Waals surface area contributed by atoms with Gasteiger partial charge >= 0.3 is 12.1 Å². The summed E-state index contributed by atoms with van der Waals surface area (Å²) in [4.78, 5) is 10.3. The molecule has 116 valence electrons. The maximum Gasteiger partial charge on any atom is 0.416 e. The van der Waals surface area contributed by atoms with Crippen LogP contribution in [0.15, 0.2) is 23.8 Å². The number of carboxylic acids is 1. The lowest BCUT2D eigenvalue weighted by Crippen LogP contribution is -2.11. The van der Waals surface area contributed by atoms with Gasteiger partial charge < -0.3 is 5.11 Å². The van der Waals surface area contributed by atoms with E-state index in [0.717, 1.165) is 25.3 Å². The van der Waals surface area contributed by atoms with Crippen molar-refractivity contribution in [1.29, 1.82) is 0 Å². The highest BCUT2D eigenvalue weighted by molar-refractivity contribution is 5.81. The molecule has 1 N–H and O–H groups in total. The molecule has 0 aliphatic carbocycles. The predicted octanol–water partition coefficient (Wildman–Crippen LogP) is 5.26. The van der Waals surface area contributed by atoms with Crippen LogP contribution in [0.4, 0.5) is 13.2 Å². The highest BCUT2D eigenvalue weighted by Gasteiger charge is 2.32. The molecule has 2 nitrogen and oxygen atoms in total. The van der Waals surface area contributed by atoms with Crippen LogP contribution >= 0.6 is 0 Å². The van der Waals surface area contributed by atoms with Crippen LogP contribution in [0.5, 0.6) is 0 Å². The first-order valence-corrected chi connectivity index (χ1v) is 7.06. The molecule has 0 aromatic rings. The molecular weight excluding hydrogens is 269 g/mol. The molecule has 0 bridgehead atoms. The zero-order valence-electron chi connectivity index (χ0n) is 11.9. The van der Waals surface area contributed by atoms with Gasteiger partial charge in [-0.15, -0.1) is 0 Å². The van der Waals surface area contributed by atoms with E-state index >= 15 is 0 Å². The first-order chi connectivity index (χ1) is 9.38. The van der Waals surface area contributed by atoms with Crippen LogP contribution in [-0.2, 0) is 4.79 Å². The molecule has 0 saturated carbocycles. The Hall–Kier alpha value is -1.26. The van der Waals surface area contributed by atoms with E-state index < -0.39 is 17.7 Å². The number of allylic oxidation sites excluding steroid dienone is 3. The summed E-state index contributed by atoms with van der Waals surface area (Å²) in [5, 5.41) is 8.38. The molecule has 0 spiro atoms. The van der Waals surface area contributed by atoms with Crippen molar-refractivity contribution in [3.8, 4) is 0 Å². The molecule has 0 aliphatic rings. The molecular formula is C15H23F3O2. The summed E-state index contributed by atoms with van der Waals surface area (Å²) >= 11 is 0. The third-order valence-electron chi connectivity index (χ3n) is 2.88. The van der Waals surface area contributed by atoms with Gasteiger partial charge in [-0.3, -0.25) is 0 Å². The van der Waals surface area contributed by atoms with E-state index in [0.29, 0.717) is 6.42 Å². The molecule has 0 heterocycles. The molecule has 0 atom stereocenters. The Bertz CT molecular complexity index is 331. The molecule has 0 aromatic carbocycles. The van der Waals surface area contributed by atoms with Crippen molar-refractivity contribution >= 4 is 5.97 Å². The van der Waals surface area contributed by atoms with E-state index in [2.05, 4.69) is 6.92 Å². The first kappa shape index (κ1) is 18.7. The topological polar surface area (TPSA) is 37.3 Å². The van der Waals surface area contributed by atoms with Crippen LogP contribution in [-0.4, -0.2) is 17.3 Å². The highest BCUT2D eigenvalue weighted by Crippen LogP contribution is 2.26. The minimum Gasteiger partial charge on any atom is -0.478 e. The van der Waals surface area contributed by atoms with Crippen LogP contribution in [0.1, 0.15) is 58.3 Å². The highest BCUT2D eigenvalue weighted by atomic mass is 19.4. The predicted molar refractivity (Wildman–Crippen MR) is 73.5 cm³/mol. The fourth-order valence-corrected chi connectivity index (χ4v) is 1.79. The smallest absolute Gasteiger partial charge is 0.416 e. The Morgan fingerprint density at radius 3 is 2.10 bits per heavy atom. The Morgan fingerprint density at radius 1 is 1.05 bits per heavy atom. The number of carboxylic acid groups (broad SMARTS) is 1. The van der Waals surface area contributed by atoms with Crippen molar-refractivity contribution in [3.05, 3.63) is 23.8 Å². The Labute approximate surface area is 118 Å². The second kappa shape index (κ2) is 10.5. The third-order valence-corrected chi connectivity index (χ3v) is 2.88. The minimum absolute atomic E-state index is 0.196. The summed E-state index contributed by atoms with van der Waals surface area (Å²) in [5.74, 6) is -1.59. The normalized spacial score (nSPS) is 13.1. The van der Waals surface area contributed by atoms with Crippen LogP contribution in [0.3, 0.4) is 0 Å². The van der Waals surface area contributed by atoms with E-state index in [1.54, 1.807) is 0 Å². The van der Waals surface area contributed by atoms with Crippen molar-refractivity contribution in [2.24, 2.45) is 0 Å². The van der Waals surface area contributed by atoms with Gasteiger partial charge in [-0.05, 0) is 12.8 Å². The van der Waals surface area contributed by atoms with Crippen molar-refractivity contribution < 1.29 is 23.1 Å². The standard InChI is InChI=1S/C15H23F3O2/c1-2-3-4-5-6-7-8-9-10-11-13(12-14(19)20)15(16,17)18/h10-12H,2-9H2,1H3,(H,19,20)/b11-10+,13-12+. The molecule has 0 radical (unpaired) electrons. The average Bonchev–Trinajstić information content (AvgIpc) is 2.33. The molecule has 0 aromatic heterocycles. The molecule has 0 saturated heterocycles. The van der Waals surface area contributed by atoms with Crippen LogP contribution in [0, 0.1) is 0 Å². The lowest BCUT2D eigenvalue weighted by Gasteiger charge is -2.06. The van der Waals surface area contributed by atoms with Gasteiger partial charge in [-0.2, -0.15) is 13.2 Å². The van der Waals surface area contributed by atoms with E-state index in [-0.39, 0.29) is 6.08 Å². The van der Waals surface area contributed by atoms with Gasteiger partial charge in [0.2, 0.25) is 0 Å². The van der Waals surface area contributed by atoms with Crippen LogP contribution in [0.25, 0.3) is 0 Å². The fourth-order valence-electron chi connectivity index (χ4n) is 1.79. The third kappa shape index (κ3) is 10.6. The fraction of sp³-hybridized carbons (Fsp3) is 0.667. The zero-order valence-corrected chi connectivity index (χ0v) is 11.9. The molecule has 0 aliphatic heterocycles. The number of alkyl halides is 3. The molecule has 0 unspecified atom stereocenters. The summed E-state index contributed by atoms with van der Waals surface area (Å²) < 4.78 is 37.3. The molecule has 5 heteroatoms. The number of hydrogen-bond donors (Lipinski definition) is 1. The van der Waals surface area contributed by atoms with Crippen molar-refractivity contribution in [2.75, 3.05) is 0 Å². The second-order valence-electron chi connectivity index (χ2n) is 4.75. The maximum atomic E-state index is 12.4. The monoisotopic (exact) mass is 292 g/mol. The quantitative estimate of drug-likeness (QED) is 0.339. The first-order valence-electron chi connectivity index (χ1n) is 7.06.